The molecule has 0 radical (unpaired) electrons. The fraction of sp³-hybridized carbons (Fsp3) is 0.918. The molecule has 4 aliphatic carbocycles. The van der Waals surface area contributed by atoms with Crippen LogP contribution in [0.1, 0.15) is 85.5 Å². The topological polar surface area (TPSA) is 391 Å². The van der Waals surface area contributed by atoms with E-state index in [1.807, 2.05) is 13.8 Å². The van der Waals surface area contributed by atoms with Crippen molar-refractivity contribution in [2.75, 3.05) is 19.8 Å². The second kappa shape index (κ2) is 22.9. The Labute approximate surface area is 422 Å². The summed E-state index contributed by atoms with van der Waals surface area (Å²) >= 11 is 0. The van der Waals surface area contributed by atoms with Gasteiger partial charge in [-0.2, -0.15) is 0 Å². The van der Waals surface area contributed by atoms with Crippen molar-refractivity contribution in [3.05, 3.63) is 11.6 Å². The Balaban J connectivity index is 0.916. The third-order valence-corrected chi connectivity index (χ3v) is 18.1. The number of aliphatic hydroxyl groups is 14. The predicted octanol–water partition coefficient (Wildman–Crippen LogP) is -4.07. The van der Waals surface area contributed by atoms with Crippen LogP contribution in [-0.2, 0) is 47.5 Å². The van der Waals surface area contributed by atoms with Crippen LogP contribution in [-0.4, -0.2) is 232 Å². The number of ketones is 2. The molecule has 8 rings (SSSR count). The van der Waals surface area contributed by atoms with E-state index in [0.29, 0.717) is 38.5 Å². The average Bonchev–Trinajstić information content (AvgIpc) is 3.64. The largest absolute Gasteiger partial charge is 0.394 e. The van der Waals surface area contributed by atoms with Gasteiger partial charge in [0.05, 0.1) is 25.9 Å². The molecule has 4 saturated heterocycles. The molecule has 4 heterocycles. The van der Waals surface area contributed by atoms with Crippen molar-refractivity contribution in [3.63, 3.8) is 0 Å². The third-order valence-electron chi connectivity index (χ3n) is 18.1. The van der Waals surface area contributed by atoms with Gasteiger partial charge in [-0.3, -0.25) is 9.59 Å². The molecule has 0 bridgehead atoms. The summed E-state index contributed by atoms with van der Waals surface area (Å²) in [5.41, 5.74) is 0.436. The number of aliphatic hydroxyl groups excluding tert-OH is 14. The first-order chi connectivity index (χ1) is 34.4. The molecule has 0 aromatic carbocycles. The molecule has 24 heteroatoms. The lowest BCUT2D eigenvalue weighted by molar-refractivity contribution is -0.405. The number of carbonyl (C=O) groups is 2. The van der Waals surface area contributed by atoms with Gasteiger partial charge in [0.15, 0.2) is 37.7 Å². The summed E-state index contributed by atoms with van der Waals surface area (Å²) < 4.78 is 46.0. The highest BCUT2D eigenvalue weighted by Gasteiger charge is 2.63. The van der Waals surface area contributed by atoms with Gasteiger partial charge in [0.1, 0.15) is 97.0 Å². The maximum Gasteiger partial charge on any atom is 0.189 e. The molecule has 14 N–H and O–H groups in total. The van der Waals surface area contributed by atoms with Crippen molar-refractivity contribution < 1.29 is 119 Å². The summed E-state index contributed by atoms with van der Waals surface area (Å²) in [5.74, 6) is -0.653. The minimum absolute atomic E-state index is 0.0255. The number of Topliss-reactive ketones (excluding diaryl/α,β-unsaturated/α-hetero) is 2. The molecule has 0 aromatic heterocycles. The zero-order valence-electron chi connectivity index (χ0n) is 41.5. The quantitative estimate of drug-likeness (QED) is 0.0654. The summed E-state index contributed by atoms with van der Waals surface area (Å²) in [7, 11) is 0. The average molecular weight is 1050 g/mol. The maximum absolute atomic E-state index is 14.1. The normalized spacial score (nSPS) is 51.1. The number of fused-ring (bicyclic) bond motifs is 5. The van der Waals surface area contributed by atoms with Crippen LogP contribution in [0.25, 0.3) is 0 Å². The van der Waals surface area contributed by atoms with Crippen LogP contribution >= 0.6 is 0 Å². The van der Waals surface area contributed by atoms with Crippen molar-refractivity contribution in [2.24, 2.45) is 46.3 Å². The summed E-state index contributed by atoms with van der Waals surface area (Å²) in [6, 6.07) is 0. The molecule has 24 nitrogen and oxygen atoms in total. The molecule has 418 valence electrons. The van der Waals surface area contributed by atoms with Gasteiger partial charge < -0.3 is 109 Å². The predicted molar refractivity (Wildman–Crippen MR) is 242 cm³/mol. The van der Waals surface area contributed by atoms with E-state index in [1.54, 1.807) is 0 Å². The fourth-order valence-corrected chi connectivity index (χ4v) is 13.6. The number of carbonyl (C=O) groups excluding carboxylic acids is 2. The van der Waals surface area contributed by atoms with E-state index in [0.717, 1.165) is 18.4 Å². The first-order valence-electron chi connectivity index (χ1n) is 25.8. The van der Waals surface area contributed by atoms with Crippen molar-refractivity contribution >= 4 is 11.6 Å². The minimum Gasteiger partial charge on any atom is -0.394 e. The Morgan fingerprint density at radius 3 is 1.84 bits per heavy atom. The number of ether oxygens (including phenoxy) is 8. The van der Waals surface area contributed by atoms with E-state index in [9.17, 15) is 81.1 Å². The second-order valence-electron chi connectivity index (χ2n) is 22.5. The first-order valence-corrected chi connectivity index (χ1v) is 25.8. The molecule has 0 amide bonds. The van der Waals surface area contributed by atoms with Gasteiger partial charge in [0.25, 0.3) is 0 Å². The van der Waals surface area contributed by atoms with Crippen LogP contribution in [0.3, 0.4) is 0 Å². The van der Waals surface area contributed by atoms with Crippen LogP contribution in [0.2, 0.25) is 0 Å². The lowest BCUT2D eigenvalue weighted by Gasteiger charge is -2.58. The van der Waals surface area contributed by atoms with Gasteiger partial charge in [0, 0.05) is 24.7 Å². The molecule has 1 unspecified atom stereocenters. The van der Waals surface area contributed by atoms with Gasteiger partial charge in [-0.05, 0) is 79.4 Å². The summed E-state index contributed by atoms with van der Waals surface area (Å²) in [6.45, 7) is 6.79. The van der Waals surface area contributed by atoms with E-state index in [2.05, 4.69) is 19.9 Å². The Bertz CT molecular complexity index is 1930. The molecular weight excluding hydrogens is 973 g/mol. The minimum atomic E-state index is -2.03. The Morgan fingerprint density at radius 2 is 1.22 bits per heavy atom. The van der Waals surface area contributed by atoms with Crippen LogP contribution in [0.5, 0.6) is 0 Å². The molecule has 29 atom stereocenters. The number of rotatable bonds is 16. The van der Waals surface area contributed by atoms with Crippen molar-refractivity contribution in [2.45, 2.75) is 215 Å². The van der Waals surface area contributed by atoms with Gasteiger partial charge in [-0.1, -0.05) is 39.3 Å². The second-order valence-corrected chi connectivity index (χ2v) is 22.5. The van der Waals surface area contributed by atoms with E-state index in [4.69, 9.17) is 37.9 Å². The lowest BCUT2D eigenvalue weighted by atomic mass is 9.47. The highest BCUT2D eigenvalue weighted by molar-refractivity contribution is 5.92. The zero-order valence-corrected chi connectivity index (χ0v) is 41.5. The van der Waals surface area contributed by atoms with E-state index >= 15 is 0 Å². The standard InChI is InChI=1S/C49H78O24/c1-18(17-66-44-36(60)31(55)30(54)27(15-50)68-44)5-8-25(52)19(2)29-26(53)14-24-22-7-6-20-13-21(9-11-48(20,3)23(22)10-12-49(24,29)4)67-47-41(71-46-38(62)33(57)35(59)43(65)73-46)39(63)40(28(16-51)69-47)70-45-37(61)32(56)34(58)42(64)72-45/h6,18-19,21-24,27-47,50-51,54-65H,5,7-17H2,1-4H3/t18-,19+,21?,22+,23-,24-,27+,28+,29+,30+,31-,32+,33+,34+,35+,36+,37+,38+,39-,40+,41+,42+,43+,44+,45-,46-,47+,48-,49-/m0/s1. The van der Waals surface area contributed by atoms with E-state index in [-0.39, 0.29) is 53.7 Å². The molecule has 0 spiro atoms. The van der Waals surface area contributed by atoms with Crippen LogP contribution < -0.4 is 0 Å². The monoisotopic (exact) mass is 1050 g/mol. The van der Waals surface area contributed by atoms with Gasteiger partial charge in [0.2, 0.25) is 0 Å². The van der Waals surface area contributed by atoms with Crippen molar-refractivity contribution in [1.29, 1.82) is 0 Å². The molecule has 7 fully saturated rings. The molecule has 0 aromatic rings. The lowest BCUT2D eigenvalue weighted by Crippen LogP contribution is -2.67. The van der Waals surface area contributed by atoms with E-state index < -0.39 is 160 Å². The van der Waals surface area contributed by atoms with Crippen LogP contribution in [0, 0.1) is 46.3 Å². The number of hydrogen-bond donors (Lipinski definition) is 14. The fourth-order valence-electron chi connectivity index (χ4n) is 13.6. The number of hydrogen-bond acceptors (Lipinski definition) is 24. The van der Waals surface area contributed by atoms with Crippen LogP contribution in [0.4, 0.5) is 0 Å². The molecule has 73 heavy (non-hydrogen) atoms. The van der Waals surface area contributed by atoms with Gasteiger partial charge in [-0.25, -0.2) is 0 Å². The summed E-state index contributed by atoms with van der Waals surface area (Å²) in [6.07, 6.45) is -28.2. The highest BCUT2D eigenvalue weighted by Crippen LogP contribution is 2.66. The molecular formula is C49H78O24. The zero-order chi connectivity index (χ0) is 53.2. The maximum atomic E-state index is 14.1. The molecule has 4 aliphatic heterocycles. The molecule has 8 aliphatic rings. The Morgan fingerprint density at radius 1 is 0.644 bits per heavy atom. The van der Waals surface area contributed by atoms with Crippen molar-refractivity contribution in [1.82, 2.24) is 0 Å². The van der Waals surface area contributed by atoms with Gasteiger partial charge >= 0.3 is 0 Å². The SMILES string of the molecule is C[C@@H](CCC(=O)[C@@H](C)[C@@H]1C(=O)C[C@H]2[C@@H]3CC=C4CC(O[C@@H]5O[C@H](CO)[C@@H](O[C@H]6O[C@@H](O)[C@H](O)[C@@H](O)[C@H]6O)[C@H](O)[C@H]5O[C@H]5O[C@@H](O)[C@H](O)[C@@H](O)[C@H]5O)CC[C@]4(C)[C@H]3CC[C@@]21C)CO[C@@H]1O[C@H](CO)[C@@H](O)[C@H](O)[C@H]1O. The number of allylic oxidation sites excluding steroid dienone is 1. The third kappa shape index (κ3) is 10.9. The molecule has 3 saturated carbocycles. The highest BCUT2D eigenvalue weighted by atomic mass is 16.8. The smallest absolute Gasteiger partial charge is 0.189 e. The first kappa shape index (κ1) is 57.4. The van der Waals surface area contributed by atoms with E-state index in [1.165, 1.54) is 0 Å². The van der Waals surface area contributed by atoms with Crippen molar-refractivity contribution in [3.8, 4) is 0 Å². The Hall–Kier alpha value is -1.80. The summed E-state index contributed by atoms with van der Waals surface area (Å²) in [5, 5.41) is 145. The van der Waals surface area contributed by atoms with Crippen LogP contribution in [0.15, 0.2) is 11.6 Å². The summed E-state index contributed by atoms with van der Waals surface area (Å²) in [4.78, 5) is 28.0. The Kier molecular flexibility index (Phi) is 18.0. The van der Waals surface area contributed by atoms with Gasteiger partial charge in [-0.15, -0.1) is 0 Å².